The van der Waals surface area contributed by atoms with E-state index in [1.165, 1.54) is 10.6 Å². The first-order valence-electron chi connectivity index (χ1n) is 12.2. The van der Waals surface area contributed by atoms with Crippen molar-refractivity contribution in [2.45, 2.75) is 72.5 Å². The van der Waals surface area contributed by atoms with Crippen molar-refractivity contribution in [3.63, 3.8) is 0 Å². The molecule has 1 unspecified atom stereocenters. The lowest BCUT2D eigenvalue weighted by atomic mass is 10.1. The lowest BCUT2D eigenvalue weighted by Gasteiger charge is -2.31. The van der Waals surface area contributed by atoms with Crippen LogP contribution in [0.25, 0.3) is 0 Å². The van der Waals surface area contributed by atoms with Gasteiger partial charge in [-0.3, -0.25) is 13.9 Å². The maximum atomic E-state index is 13.4. The summed E-state index contributed by atoms with van der Waals surface area (Å²) in [6.07, 6.45) is 2.05. The van der Waals surface area contributed by atoms with E-state index >= 15 is 0 Å². The van der Waals surface area contributed by atoms with Crippen LogP contribution in [0.2, 0.25) is 5.02 Å². The quantitative estimate of drug-likeness (QED) is 0.421. The normalized spacial score (nSPS) is 12.3. The zero-order chi connectivity index (χ0) is 27.0. The number of carbonyl (C=O) groups excluding carboxylic acids is 2. The molecule has 0 aliphatic heterocycles. The Hall–Kier alpha value is -2.58. The largest absolute Gasteiger partial charge is 0.352 e. The molecule has 36 heavy (non-hydrogen) atoms. The van der Waals surface area contributed by atoms with Gasteiger partial charge in [-0.25, -0.2) is 8.42 Å². The van der Waals surface area contributed by atoms with Crippen LogP contribution >= 0.6 is 11.6 Å². The molecule has 0 spiro atoms. The van der Waals surface area contributed by atoms with Gasteiger partial charge >= 0.3 is 0 Å². The van der Waals surface area contributed by atoms with E-state index in [1.807, 2.05) is 58.9 Å². The number of hydrogen-bond donors (Lipinski definition) is 1. The number of rotatable bonds is 12. The predicted octanol–water partition coefficient (Wildman–Crippen LogP) is 4.84. The standard InChI is InChI=1S/C27H38ClN3O4S/c1-7-25(27(33)29-19(2)3)30(18-22-11-13-23(28)14-12-22)26(32)9-8-16-31(36(6,34)35)24-15-10-20(4)21(5)17-24/h10-15,17,19,25H,7-9,16,18H2,1-6H3,(H,29,33). The van der Waals surface area contributed by atoms with Gasteiger partial charge in [-0.15, -0.1) is 0 Å². The Kier molecular flexibility index (Phi) is 10.8. The Morgan fingerprint density at radius 3 is 2.19 bits per heavy atom. The molecule has 1 atom stereocenters. The summed E-state index contributed by atoms with van der Waals surface area (Å²) in [4.78, 5) is 27.9. The van der Waals surface area contributed by atoms with E-state index in [2.05, 4.69) is 5.32 Å². The van der Waals surface area contributed by atoms with E-state index in [9.17, 15) is 18.0 Å². The van der Waals surface area contributed by atoms with Gasteiger partial charge in [0, 0.05) is 30.6 Å². The molecule has 198 valence electrons. The van der Waals surface area contributed by atoms with Gasteiger partial charge < -0.3 is 10.2 Å². The summed E-state index contributed by atoms with van der Waals surface area (Å²) in [5.74, 6) is -0.410. The van der Waals surface area contributed by atoms with Crippen molar-refractivity contribution in [1.82, 2.24) is 10.2 Å². The van der Waals surface area contributed by atoms with Gasteiger partial charge in [-0.05, 0) is 81.5 Å². The molecule has 2 rings (SSSR count). The average molecular weight is 536 g/mol. The summed E-state index contributed by atoms with van der Waals surface area (Å²) in [7, 11) is -3.53. The highest BCUT2D eigenvalue weighted by atomic mass is 35.5. The molecular formula is C27H38ClN3O4S. The maximum Gasteiger partial charge on any atom is 0.243 e. The van der Waals surface area contributed by atoms with Gasteiger partial charge in [-0.2, -0.15) is 0 Å². The third-order valence-electron chi connectivity index (χ3n) is 6.01. The molecule has 7 nitrogen and oxygen atoms in total. The van der Waals surface area contributed by atoms with E-state index in [1.54, 1.807) is 23.1 Å². The first-order chi connectivity index (χ1) is 16.8. The minimum absolute atomic E-state index is 0.0553. The molecule has 2 aromatic rings. The van der Waals surface area contributed by atoms with Crippen molar-refractivity contribution in [3.8, 4) is 0 Å². The molecule has 0 saturated carbocycles. The van der Waals surface area contributed by atoms with Crippen LogP contribution in [0.3, 0.4) is 0 Å². The Balaban J connectivity index is 2.22. The second kappa shape index (κ2) is 13.1. The molecular weight excluding hydrogens is 498 g/mol. The zero-order valence-electron chi connectivity index (χ0n) is 22.0. The van der Waals surface area contributed by atoms with Crippen LogP contribution in [0.5, 0.6) is 0 Å². The number of amides is 2. The van der Waals surface area contributed by atoms with Crippen molar-refractivity contribution in [3.05, 3.63) is 64.2 Å². The Morgan fingerprint density at radius 2 is 1.67 bits per heavy atom. The molecule has 0 radical (unpaired) electrons. The second-order valence-electron chi connectivity index (χ2n) is 9.44. The van der Waals surface area contributed by atoms with Crippen LogP contribution in [-0.2, 0) is 26.2 Å². The maximum absolute atomic E-state index is 13.4. The minimum Gasteiger partial charge on any atom is -0.352 e. The number of halogens is 1. The molecule has 2 amide bonds. The monoisotopic (exact) mass is 535 g/mol. The Labute approximate surface area is 220 Å². The van der Waals surface area contributed by atoms with Crippen LogP contribution in [0.1, 0.15) is 56.7 Å². The number of anilines is 1. The van der Waals surface area contributed by atoms with E-state index in [0.717, 1.165) is 16.7 Å². The van der Waals surface area contributed by atoms with Crippen LogP contribution in [0, 0.1) is 13.8 Å². The summed E-state index contributed by atoms with van der Waals surface area (Å²) in [5.41, 5.74) is 3.50. The first-order valence-corrected chi connectivity index (χ1v) is 14.4. The molecule has 2 aromatic carbocycles. The van der Waals surface area contributed by atoms with Crippen LogP contribution in [0.15, 0.2) is 42.5 Å². The lowest BCUT2D eigenvalue weighted by molar-refractivity contribution is -0.141. The number of sulfonamides is 1. The summed E-state index contributed by atoms with van der Waals surface area (Å²) in [5, 5.41) is 3.50. The molecule has 0 aliphatic rings. The Morgan fingerprint density at radius 1 is 1.03 bits per heavy atom. The average Bonchev–Trinajstić information content (AvgIpc) is 2.78. The van der Waals surface area contributed by atoms with Crippen molar-refractivity contribution >= 4 is 39.1 Å². The molecule has 0 saturated heterocycles. The van der Waals surface area contributed by atoms with Gasteiger partial charge in [0.1, 0.15) is 6.04 Å². The fraction of sp³-hybridized carbons (Fsp3) is 0.481. The van der Waals surface area contributed by atoms with Gasteiger partial charge in [0.05, 0.1) is 11.9 Å². The van der Waals surface area contributed by atoms with Crippen LogP contribution < -0.4 is 9.62 Å². The van der Waals surface area contributed by atoms with Crippen LogP contribution in [-0.4, -0.2) is 50.0 Å². The molecule has 0 heterocycles. The number of carbonyl (C=O) groups is 2. The highest BCUT2D eigenvalue weighted by Crippen LogP contribution is 2.22. The highest BCUT2D eigenvalue weighted by Gasteiger charge is 2.29. The number of nitrogens with one attached hydrogen (secondary N) is 1. The SMILES string of the molecule is CCC(C(=O)NC(C)C)N(Cc1ccc(Cl)cc1)C(=O)CCCN(c1ccc(C)c(C)c1)S(C)(=O)=O. The molecule has 9 heteroatoms. The van der Waals surface area contributed by atoms with Gasteiger partial charge in [-0.1, -0.05) is 36.7 Å². The fourth-order valence-electron chi connectivity index (χ4n) is 3.97. The number of aryl methyl sites for hydroxylation is 2. The highest BCUT2D eigenvalue weighted by molar-refractivity contribution is 7.92. The van der Waals surface area contributed by atoms with Gasteiger partial charge in [0.25, 0.3) is 0 Å². The third kappa shape index (κ3) is 8.52. The Bertz CT molecular complexity index is 1150. The molecule has 0 aromatic heterocycles. The smallest absolute Gasteiger partial charge is 0.243 e. The summed E-state index contributed by atoms with van der Waals surface area (Å²) >= 11 is 6.01. The van der Waals surface area contributed by atoms with Crippen molar-refractivity contribution in [1.29, 1.82) is 0 Å². The summed E-state index contributed by atoms with van der Waals surface area (Å²) < 4.78 is 26.4. The van der Waals surface area contributed by atoms with E-state index in [0.29, 0.717) is 23.6 Å². The predicted molar refractivity (Wildman–Crippen MR) is 147 cm³/mol. The van der Waals surface area contributed by atoms with E-state index < -0.39 is 16.1 Å². The van der Waals surface area contributed by atoms with Gasteiger partial charge in [0.2, 0.25) is 21.8 Å². The van der Waals surface area contributed by atoms with Crippen LogP contribution in [0.4, 0.5) is 5.69 Å². The minimum atomic E-state index is -3.53. The van der Waals surface area contributed by atoms with Crippen molar-refractivity contribution in [2.75, 3.05) is 17.1 Å². The number of hydrogen-bond acceptors (Lipinski definition) is 4. The topological polar surface area (TPSA) is 86.8 Å². The molecule has 0 bridgehead atoms. The molecule has 0 fully saturated rings. The van der Waals surface area contributed by atoms with Crippen molar-refractivity contribution in [2.24, 2.45) is 0 Å². The third-order valence-corrected chi connectivity index (χ3v) is 7.46. The molecule has 0 aliphatic carbocycles. The van der Waals surface area contributed by atoms with Gasteiger partial charge in [0.15, 0.2) is 0 Å². The van der Waals surface area contributed by atoms with E-state index in [-0.39, 0.29) is 37.4 Å². The first kappa shape index (κ1) is 29.6. The fourth-order valence-corrected chi connectivity index (χ4v) is 5.05. The zero-order valence-corrected chi connectivity index (χ0v) is 23.6. The number of benzene rings is 2. The van der Waals surface area contributed by atoms with Crippen molar-refractivity contribution < 1.29 is 18.0 Å². The molecule has 1 N–H and O–H groups in total. The van der Waals surface area contributed by atoms with E-state index in [4.69, 9.17) is 11.6 Å². The summed E-state index contributed by atoms with van der Waals surface area (Å²) in [6, 6.07) is 12.0. The summed E-state index contributed by atoms with van der Waals surface area (Å²) in [6.45, 7) is 9.95. The number of nitrogens with zero attached hydrogens (tertiary/aromatic N) is 2. The lowest BCUT2D eigenvalue weighted by Crippen LogP contribution is -2.50. The second-order valence-corrected chi connectivity index (χ2v) is 11.8.